The van der Waals surface area contributed by atoms with Gasteiger partial charge < -0.3 is 4.18 Å². The summed E-state index contributed by atoms with van der Waals surface area (Å²) >= 11 is 0. The maximum Gasteiger partial charge on any atom is 0.429 e. The highest BCUT2D eigenvalue weighted by Gasteiger charge is 2.30. The molecule has 1 heterocycles. The third kappa shape index (κ3) is 3.72. The van der Waals surface area contributed by atoms with Crippen molar-refractivity contribution >= 4 is 10.3 Å². The molecule has 0 radical (unpaired) electrons. The number of nitrogens with zero attached hydrogens (tertiary/aromatic N) is 2. The molecule has 0 aliphatic rings. The Balaban J connectivity index is 1.92. The Hall–Kier alpha value is -2.81. The highest BCUT2D eigenvalue weighted by molar-refractivity contribution is 7.85. The lowest BCUT2D eigenvalue weighted by Gasteiger charge is -2.08. The first-order valence-corrected chi connectivity index (χ1v) is 8.78. The van der Waals surface area contributed by atoms with Gasteiger partial charge in [-0.15, -0.1) is 4.09 Å². The van der Waals surface area contributed by atoms with Crippen molar-refractivity contribution in [2.24, 2.45) is 0 Å². The number of hydrogen-bond donors (Lipinski definition) is 0. The maximum atomic E-state index is 12.6. The molecular formula is C17H13F3N2O3S. The lowest BCUT2D eigenvalue weighted by molar-refractivity contribution is -0.137. The summed E-state index contributed by atoms with van der Waals surface area (Å²) in [7, 11) is -4.24. The average Bonchev–Trinajstić information content (AvgIpc) is 2.97. The van der Waals surface area contributed by atoms with Crippen molar-refractivity contribution in [1.82, 2.24) is 9.19 Å². The molecule has 0 aliphatic carbocycles. The molecule has 0 saturated heterocycles. The van der Waals surface area contributed by atoms with Gasteiger partial charge in [-0.3, -0.25) is 0 Å². The molecule has 1 aromatic heterocycles. The first kappa shape index (κ1) is 18.0. The number of rotatable bonds is 4. The molecular weight excluding hydrogens is 369 g/mol. The zero-order valence-corrected chi connectivity index (χ0v) is 14.3. The van der Waals surface area contributed by atoms with Gasteiger partial charge in [-0.05, 0) is 37.3 Å². The summed E-state index contributed by atoms with van der Waals surface area (Å²) in [6.45, 7) is 1.51. The van der Waals surface area contributed by atoms with Gasteiger partial charge in [0.05, 0.1) is 17.0 Å². The maximum absolute atomic E-state index is 12.6. The first-order chi connectivity index (χ1) is 12.2. The van der Waals surface area contributed by atoms with Crippen molar-refractivity contribution in [2.75, 3.05) is 0 Å². The summed E-state index contributed by atoms with van der Waals surface area (Å²) in [5.74, 6) is 0.124. The van der Waals surface area contributed by atoms with Crippen LogP contribution in [0.25, 0.3) is 11.3 Å². The number of benzene rings is 2. The van der Waals surface area contributed by atoms with E-state index in [0.717, 1.165) is 12.1 Å². The average molecular weight is 382 g/mol. The van der Waals surface area contributed by atoms with E-state index < -0.39 is 22.0 Å². The van der Waals surface area contributed by atoms with Crippen molar-refractivity contribution < 1.29 is 25.8 Å². The van der Waals surface area contributed by atoms with Gasteiger partial charge in [0.25, 0.3) is 0 Å². The molecule has 9 heteroatoms. The topological polar surface area (TPSA) is 61.2 Å². The van der Waals surface area contributed by atoms with E-state index in [2.05, 4.69) is 5.10 Å². The van der Waals surface area contributed by atoms with Crippen LogP contribution in [0.1, 0.15) is 11.3 Å². The van der Waals surface area contributed by atoms with Crippen molar-refractivity contribution in [3.63, 3.8) is 0 Å². The lowest BCUT2D eigenvalue weighted by Crippen LogP contribution is -2.21. The molecule has 0 spiro atoms. The van der Waals surface area contributed by atoms with Gasteiger partial charge in [0, 0.05) is 5.56 Å². The second-order valence-electron chi connectivity index (χ2n) is 5.44. The van der Waals surface area contributed by atoms with Gasteiger partial charge in [-0.2, -0.15) is 26.7 Å². The second-order valence-corrected chi connectivity index (χ2v) is 6.81. The molecule has 0 fully saturated rings. The summed E-state index contributed by atoms with van der Waals surface area (Å²) in [5.41, 5.74) is 0.0412. The fraction of sp³-hybridized carbons (Fsp3) is 0.118. The molecule has 0 unspecified atom stereocenters. The predicted octanol–water partition coefficient (Wildman–Crippen LogP) is 4.05. The van der Waals surface area contributed by atoms with E-state index in [9.17, 15) is 21.6 Å². The van der Waals surface area contributed by atoms with Gasteiger partial charge in [0.1, 0.15) is 5.75 Å². The molecule has 3 rings (SSSR count). The standard InChI is InChI=1S/C17H13F3N2O3S/c1-12-11-16(13-7-9-14(10-8-13)17(18,19)20)21-22(12)26(23,24)25-15-5-3-2-4-6-15/h2-11H,1H3. The summed E-state index contributed by atoms with van der Waals surface area (Å²) in [6, 6.07) is 13.7. The molecule has 0 atom stereocenters. The normalized spacial score (nSPS) is 12.2. The minimum Gasteiger partial charge on any atom is -0.366 e. The van der Waals surface area contributed by atoms with Crippen molar-refractivity contribution in [1.29, 1.82) is 0 Å². The predicted molar refractivity (Wildman–Crippen MR) is 88.8 cm³/mol. The van der Waals surface area contributed by atoms with E-state index in [1.807, 2.05) is 0 Å². The molecule has 26 heavy (non-hydrogen) atoms. The van der Waals surface area contributed by atoms with E-state index in [-0.39, 0.29) is 17.1 Å². The molecule has 0 saturated carbocycles. The van der Waals surface area contributed by atoms with Crippen LogP contribution in [0.5, 0.6) is 5.75 Å². The Morgan fingerprint density at radius 1 is 1.00 bits per heavy atom. The number of alkyl halides is 3. The van der Waals surface area contributed by atoms with E-state index >= 15 is 0 Å². The minimum atomic E-state index is -4.44. The molecule has 3 aromatic rings. The van der Waals surface area contributed by atoms with Crippen LogP contribution in [0.4, 0.5) is 13.2 Å². The SMILES string of the molecule is Cc1cc(-c2ccc(C(F)(F)F)cc2)nn1S(=O)(=O)Oc1ccccc1. The van der Waals surface area contributed by atoms with E-state index in [1.165, 1.54) is 37.3 Å². The molecule has 0 N–H and O–H groups in total. The van der Waals surface area contributed by atoms with Gasteiger partial charge in [-0.1, -0.05) is 30.3 Å². The largest absolute Gasteiger partial charge is 0.429 e. The van der Waals surface area contributed by atoms with Crippen molar-refractivity contribution in [3.8, 4) is 17.0 Å². The number of hydrogen-bond acceptors (Lipinski definition) is 4. The number of para-hydroxylation sites is 1. The van der Waals surface area contributed by atoms with Crippen molar-refractivity contribution in [2.45, 2.75) is 13.1 Å². The monoisotopic (exact) mass is 382 g/mol. The first-order valence-electron chi connectivity index (χ1n) is 7.41. The van der Waals surface area contributed by atoms with Crippen LogP contribution in [0.3, 0.4) is 0 Å². The van der Waals surface area contributed by atoms with Crippen LogP contribution in [0, 0.1) is 6.92 Å². The van der Waals surface area contributed by atoms with Gasteiger partial charge in [0.2, 0.25) is 0 Å². The molecule has 5 nitrogen and oxygen atoms in total. The Labute approximate surface area is 147 Å². The van der Waals surface area contributed by atoms with E-state index in [1.54, 1.807) is 18.2 Å². The number of aromatic nitrogens is 2. The fourth-order valence-corrected chi connectivity index (χ4v) is 3.31. The summed E-state index contributed by atoms with van der Waals surface area (Å²) in [4.78, 5) is 0. The zero-order valence-electron chi connectivity index (χ0n) is 13.4. The molecule has 0 aliphatic heterocycles. The van der Waals surface area contributed by atoms with Crippen LogP contribution in [0.2, 0.25) is 0 Å². The smallest absolute Gasteiger partial charge is 0.366 e. The Morgan fingerprint density at radius 3 is 2.19 bits per heavy atom. The summed E-state index contributed by atoms with van der Waals surface area (Å²) < 4.78 is 68.4. The quantitative estimate of drug-likeness (QED) is 0.683. The van der Waals surface area contributed by atoms with Gasteiger partial charge in [0.15, 0.2) is 0 Å². The van der Waals surface area contributed by atoms with E-state index in [4.69, 9.17) is 4.18 Å². The number of aryl methyl sites for hydroxylation is 1. The van der Waals surface area contributed by atoms with Gasteiger partial charge >= 0.3 is 16.5 Å². The van der Waals surface area contributed by atoms with Gasteiger partial charge in [-0.25, -0.2) is 0 Å². The summed E-state index contributed by atoms with van der Waals surface area (Å²) in [6.07, 6.45) is -4.44. The third-order valence-electron chi connectivity index (χ3n) is 3.51. The molecule has 0 amide bonds. The zero-order chi connectivity index (χ0) is 18.9. The third-order valence-corrected chi connectivity index (χ3v) is 4.71. The van der Waals surface area contributed by atoms with E-state index in [0.29, 0.717) is 9.65 Å². The second kappa shape index (κ2) is 6.49. The van der Waals surface area contributed by atoms with Crippen molar-refractivity contribution in [3.05, 3.63) is 71.9 Å². The fourth-order valence-electron chi connectivity index (χ4n) is 2.29. The van der Waals surface area contributed by atoms with Crippen LogP contribution < -0.4 is 4.18 Å². The molecule has 2 aromatic carbocycles. The Kier molecular flexibility index (Phi) is 4.49. The Morgan fingerprint density at radius 2 is 1.62 bits per heavy atom. The molecule has 136 valence electrons. The van der Waals surface area contributed by atoms with Crippen LogP contribution >= 0.6 is 0 Å². The number of halogens is 3. The van der Waals surface area contributed by atoms with Crippen LogP contribution in [-0.2, 0) is 16.5 Å². The lowest BCUT2D eigenvalue weighted by atomic mass is 10.1. The van der Waals surface area contributed by atoms with Crippen LogP contribution in [0.15, 0.2) is 60.7 Å². The van der Waals surface area contributed by atoms with Crippen LogP contribution in [-0.4, -0.2) is 17.6 Å². The highest BCUT2D eigenvalue weighted by atomic mass is 32.2. The highest BCUT2D eigenvalue weighted by Crippen LogP contribution is 2.31. The Bertz CT molecular complexity index is 1010. The minimum absolute atomic E-state index is 0.124. The summed E-state index contributed by atoms with van der Waals surface area (Å²) in [5, 5.41) is 3.96. The molecule has 0 bridgehead atoms.